The van der Waals surface area contributed by atoms with E-state index in [9.17, 15) is 9.90 Å². The molecule has 0 aromatic heterocycles. The van der Waals surface area contributed by atoms with Crippen LogP contribution in [0.3, 0.4) is 0 Å². The van der Waals surface area contributed by atoms with Gasteiger partial charge in [-0.3, -0.25) is 0 Å². The fourth-order valence-corrected chi connectivity index (χ4v) is 2.12. The molecule has 0 saturated carbocycles. The first-order valence-corrected chi connectivity index (χ1v) is 5.64. The smallest absolute Gasteiger partial charge is 0.410 e. The Morgan fingerprint density at radius 2 is 2.12 bits per heavy atom. The summed E-state index contributed by atoms with van der Waals surface area (Å²) in [6.45, 7) is 7.00. The van der Waals surface area contributed by atoms with Gasteiger partial charge < -0.3 is 19.5 Å². The Hall–Kier alpha value is -0.810. The zero-order valence-corrected chi connectivity index (χ0v) is 9.97. The van der Waals surface area contributed by atoms with Crippen LogP contribution in [0.15, 0.2) is 0 Å². The highest BCUT2D eigenvalue weighted by Gasteiger charge is 2.44. The van der Waals surface area contributed by atoms with Crippen LogP contribution in [0.2, 0.25) is 0 Å². The standard InChI is InChI=1S/C11H19NO4/c1-11(2,3)16-10(14)12-4-7-6-15-8(5-12)9(7)13/h7-9,13H,4-6H2,1-3H3/t7-,8-,9?/m1/s1. The van der Waals surface area contributed by atoms with Gasteiger partial charge in [0.2, 0.25) is 0 Å². The molecule has 2 aliphatic heterocycles. The minimum absolute atomic E-state index is 0.0336. The zero-order valence-electron chi connectivity index (χ0n) is 9.97. The summed E-state index contributed by atoms with van der Waals surface area (Å²) in [4.78, 5) is 13.4. The number of amides is 1. The first-order valence-electron chi connectivity index (χ1n) is 5.64. The molecule has 2 heterocycles. The van der Waals surface area contributed by atoms with Crippen LogP contribution in [0.1, 0.15) is 20.8 Å². The summed E-state index contributed by atoms with van der Waals surface area (Å²) in [6.07, 6.45) is -0.996. The summed E-state index contributed by atoms with van der Waals surface area (Å²) in [7, 11) is 0. The minimum atomic E-state index is -0.479. The molecule has 2 fully saturated rings. The van der Waals surface area contributed by atoms with Gasteiger partial charge in [-0.1, -0.05) is 0 Å². The summed E-state index contributed by atoms with van der Waals surface area (Å²) in [5.74, 6) is 0.0336. The fraction of sp³-hybridized carbons (Fsp3) is 0.909. The van der Waals surface area contributed by atoms with E-state index in [1.165, 1.54) is 0 Å². The lowest BCUT2D eigenvalue weighted by molar-refractivity contribution is -0.0251. The van der Waals surface area contributed by atoms with Gasteiger partial charge in [-0.15, -0.1) is 0 Å². The molecule has 1 unspecified atom stereocenters. The van der Waals surface area contributed by atoms with Gasteiger partial charge >= 0.3 is 6.09 Å². The maximum atomic E-state index is 11.8. The highest BCUT2D eigenvalue weighted by molar-refractivity contribution is 5.68. The first kappa shape index (κ1) is 11.7. The molecule has 0 aromatic carbocycles. The van der Waals surface area contributed by atoms with Gasteiger partial charge in [-0.2, -0.15) is 0 Å². The van der Waals surface area contributed by atoms with Crippen molar-refractivity contribution in [1.82, 2.24) is 4.90 Å². The number of ether oxygens (including phenoxy) is 2. The lowest BCUT2D eigenvalue weighted by Crippen LogP contribution is -2.51. The lowest BCUT2D eigenvalue weighted by Gasteiger charge is -2.34. The topological polar surface area (TPSA) is 59.0 Å². The summed E-state index contributed by atoms with van der Waals surface area (Å²) >= 11 is 0. The second-order valence-electron chi connectivity index (χ2n) is 5.51. The average molecular weight is 229 g/mol. The maximum Gasteiger partial charge on any atom is 0.410 e. The monoisotopic (exact) mass is 229 g/mol. The van der Waals surface area contributed by atoms with Crippen molar-refractivity contribution in [3.8, 4) is 0 Å². The summed E-state index contributed by atoms with van der Waals surface area (Å²) in [5, 5.41) is 9.74. The van der Waals surface area contributed by atoms with Crippen LogP contribution in [-0.4, -0.2) is 53.6 Å². The van der Waals surface area contributed by atoms with Crippen molar-refractivity contribution in [3.05, 3.63) is 0 Å². The van der Waals surface area contributed by atoms with E-state index in [0.29, 0.717) is 19.7 Å². The van der Waals surface area contributed by atoms with Gasteiger partial charge in [-0.05, 0) is 20.8 Å². The molecular weight excluding hydrogens is 210 g/mol. The summed E-state index contributed by atoms with van der Waals surface area (Å²) < 4.78 is 10.7. The van der Waals surface area contributed by atoms with E-state index in [1.807, 2.05) is 20.8 Å². The quantitative estimate of drug-likeness (QED) is 0.661. The number of carbonyl (C=O) groups excluding carboxylic acids is 1. The van der Waals surface area contributed by atoms with Gasteiger partial charge in [0.1, 0.15) is 11.7 Å². The second-order valence-corrected chi connectivity index (χ2v) is 5.51. The molecule has 0 aromatic rings. The van der Waals surface area contributed by atoms with Crippen LogP contribution in [-0.2, 0) is 9.47 Å². The van der Waals surface area contributed by atoms with Gasteiger partial charge in [-0.25, -0.2) is 4.79 Å². The minimum Gasteiger partial charge on any atom is -0.444 e. The van der Waals surface area contributed by atoms with E-state index >= 15 is 0 Å². The van der Waals surface area contributed by atoms with Gasteiger partial charge in [0.25, 0.3) is 0 Å². The van der Waals surface area contributed by atoms with E-state index in [4.69, 9.17) is 9.47 Å². The molecule has 2 bridgehead atoms. The number of hydrogen-bond donors (Lipinski definition) is 1. The molecule has 1 N–H and O–H groups in total. The molecule has 0 aliphatic carbocycles. The zero-order chi connectivity index (χ0) is 11.9. The van der Waals surface area contributed by atoms with Crippen LogP contribution in [0.25, 0.3) is 0 Å². The van der Waals surface area contributed by atoms with Crippen molar-refractivity contribution < 1.29 is 19.4 Å². The fourth-order valence-electron chi connectivity index (χ4n) is 2.12. The SMILES string of the molecule is CC(C)(C)OC(=O)N1C[C@@H]2CO[C@H](C1)C2O. The molecule has 3 atom stereocenters. The third kappa shape index (κ3) is 2.30. The second kappa shape index (κ2) is 3.89. The number of aliphatic hydroxyl groups excluding tert-OH is 1. The third-order valence-electron chi connectivity index (χ3n) is 2.90. The van der Waals surface area contributed by atoms with Gasteiger partial charge in [0.05, 0.1) is 19.3 Å². The average Bonchev–Trinajstić information content (AvgIpc) is 2.38. The van der Waals surface area contributed by atoms with Crippen molar-refractivity contribution in [1.29, 1.82) is 0 Å². The Balaban J connectivity index is 1.95. The van der Waals surface area contributed by atoms with Crippen molar-refractivity contribution >= 4 is 6.09 Å². The number of piperidine rings is 1. The molecule has 2 saturated heterocycles. The molecule has 5 heteroatoms. The van der Waals surface area contributed by atoms with E-state index in [0.717, 1.165) is 0 Å². The van der Waals surface area contributed by atoms with E-state index in [2.05, 4.69) is 0 Å². The predicted molar refractivity (Wildman–Crippen MR) is 57.0 cm³/mol. The van der Waals surface area contributed by atoms with Gasteiger partial charge in [0.15, 0.2) is 0 Å². The highest BCUT2D eigenvalue weighted by Crippen LogP contribution is 2.28. The van der Waals surface area contributed by atoms with E-state index in [1.54, 1.807) is 4.90 Å². The molecule has 5 nitrogen and oxygen atoms in total. The summed E-state index contributed by atoms with van der Waals surface area (Å²) in [5.41, 5.74) is -0.479. The number of likely N-dealkylation sites (tertiary alicyclic amines) is 1. The number of fused-ring (bicyclic) bond motifs is 2. The predicted octanol–water partition coefficient (Wildman–Crippen LogP) is 0.613. The van der Waals surface area contributed by atoms with Crippen LogP contribution in [0.4, 0.5) is 4.79 Å². The number of carbonyl (C=O) groups is 1. The first-order chi connectivity index (χ1) is 7.37. The van der Waals surface area contributed by atoms with Crippen LogP contribution >= 0.6 is 0 Å². The molecule has 16 heavy (non-hydrogen) atoms. The van der Waals surface area contributed by atoms with Crippen LogP contribution in [0.5, 0.6) is 0 Å². The van der Waals surface area contributed by atoms with Crippen LogP contribution in [0, 0.1) is 5.92 Å². The van der Waals surface area contributed by atoms with Crippen molar-refractivity contribution in [2.75, 3.05) is 19.7 Å². The molecule has 0 radical (unpaired) electrons. The van der Waals surface area contributed by atoms with Crippen LogP contribution < -0.4 is 0 Å². The summed E-state index contributed by atoms with van der Waals surface area (Å²) in [6, 6.07) is 0. The highest BCUT2D eigenvalue weighted by atomic mass is 16.6. The Morgan fingerprint density at radius 3 is 2.69 bits per heavy atom. The lowest BCUT2D eigenvalue weighted by atomic mass is 9.97. The third-order valence-corrected chi connectivity index (χ3v) is 2.90. The molecule has 1 amide bonds. The molecule has 92 valence electrons. The van der Waals surface area contributed by atoms with Crippen molar-refractivity contribution in [3.63, 3.8) is 0 Å². The number of nitrogens with zero attached hydrogens (tertiary/aromatic N) is 1. The van der Waals surface area contributed by atoms with Crippen molar-refractivity contribution in [2.45, 2.75) is 38.6 Å². The molecule has 0 spiro atoms. The number of hydrogen-bond acceptors (Lipinski definition) is 4. The van der Waals surface area contributed by atoms with Gasteiger partial charge in [0, 0.05) is 12.5 Å². The Bertz CT molecular complexity index is 272. The largest absolute Gasteiger partial charge is 0.444 e. The normalized spacial score (nSPS) is 34.0. The number of aliphatic hydroxyl groups is 1. The number of rotatable bonds is 0. The van der Waals surface area contributed by atoms with E-state index < -0.39 is 11.7 Å². The van der Waals surface area contributed by atoms with Crippen molar-refractivity contribution in [2.24, 2.45) is 5.92 Å². The maximum absolute atomic E-state index is 11.8. The Kier molecular flexibility index (Phi) is 2.84. The molecule has 2 aliphatic rings. The Labute approximate surface area is 95.3 Å². The molecule has 2 rings (SSSR count). The Morgan fingerprint density at radius 1 is 1.44 bits per heavy atom. The van der Waals surface area contributed by atoms with E-state index in [-0.39, 0.29) is 18.1 Å². The molecular formula is C11H19NO4.